The molecule has 0 radical (unpaired) electrons. The molecule has 0 unspecified atom stereocenters. The highest BCUT2D eigenvalue weighted by Gasteiger charge is 2.52. The number of aromatic amines is 1. The summed E-state index contributed by atoms with van der Waals surface area (Å²) in [5.41, 5.74) is -0.280. The van der Waals surface area contributed by atoms with E-state index in [1.54, 1.807) is 121 Å². The van der Waals surface area contributed by atoms with Crippen molar-refractivity contribution in [3.63, 3.8) is 0 Å². The highest BCUT2D eigenvalue weighted by Crippen LogP contribution is 2.36. The van der Waals surface area contributed by atoms with Crippen LogP contribution in [0.25, 0.3) is 11.2 Å². The minimum atomic E-state index is -1.41. The molecule has 0 spiro atoms. The Hall–Kier alpha value is -7.13. The van der Waals surface area contributed by atoms with Crippen LogP contribution in [0, 0.1) is 0 Å². The fourth-order valence-electron chi connectivity index (χ4n) is 5.72. The number of hydrogen-bond acceptors (Lipinski definition) is 12. The van der Waals surface area contributed by atoms with Crippen molar-refractivity contribution in [2.24, 2.45) is 0 Å². The summed E-state index contributed by atoms with van der Waals surface area (Å²) in [5, 5.41) is 2.48. The monoisotopic (exact) mass is 729 g/mol. The van der Waals surface area contributed by atoms with Crippen molar-refractivity contribution >= 4 is 40.9 Å². The summed E-state index contributed by atoms with van der Waals surface area (Å²) in [6, 6.07) is 33.2. The van der Waals surface area contributed by atoms with Crippen molar-refractivity contribution in [3.8, 4) is 5.75 Å². The fraction of sp³-hybridized carbons (Fsp3) is 0.154. The third kappa shape index (κ3) is 8.00. The SMILES string of the molecule is O=C(COc1ccccc1)Nc1nc2ncn([C@@H]3O[C@H](COC(=O)c4ccccc4)[C@@H](OC(=O)c4ccccc4)[C@H]3OC(=O)c3ccccc3)c2c(=O)[nH]1. The zero-order valence-corrected chi connectivity index (χ0v) is 28.3. The van der Waals surface area contributed by atoms with Gasteiger partial charge in [-0.2, -0.15) is 4.98 Å². The Bertz CT molecular complexity index is 2320. The topological polar surface area (TPSA) is 190 Å². The Labute approximate surface area is 306 Å². The van der Waals surface area contributed by atoms with Crippen LogP contribution in [0.3, 0.4) is 0 Å². The van der Waals surface area contributed by atoms with E-state index in [0.29, 0.717) is 5.75 Å². The van der Waals surface area contributed by atoms with Crippen LogP contribution in [0.2, 0.25) is 0 Å². The number of hydrogen-bond donors (Lipinski definition) is 2. The molecule has 54 heavy (non-hydrogen) atoms. The molecule has 0 saturated carbocycles. The van der Waals surface area contributed by atoms with Crippen molar-refractivity contribution in [1.29, 1.82) is 0 Å². The summed E-state index contributed by atoms with van der Waals surface area (Å²) < 4.78 is 30.6. The summed E-state index contributed by atoms with van der Waals surface area (Å²) in [7, 11) is 0. The number of fused-ring (bicyclic) bond motifs is 1. The normalized spacial score (nSPS) is 17.7. The number of benzene rings is 4. The van der Waals surface area contributed by atoms with Crippen LogP contribution in [0.5, 0.6) is 5.75 Å². The Kier molecular flexibility index (Phi) is 10.5. The van der Waals surface area contributed by atoms with E-state index in [2.05, 4.69) is 20.3 Å². The molecule has 2 N–H and O–H groups in total. The number of nitrogens with zero attached hydrogens (tertiary/aromatic N) is 3. The summed E-state index contributed by atoms with van der Waals surface area (Å²) in [4.78, 5) is 77.2. The van der Waals surface area contributed by atoms with Crippen LogP contribution >= 0.6 is 0 Å². The number of rotatable bonds is 12. The number of nitrogens with one attached hydrogen (secondary N) is 2. The van der Waals surface area contributed by atoms with E-state index < -0.39 is 60.5 Å². The lowest BCUT2D eigenvalue weighted by molar-refractivity contribution is -0.118. The fourth-order valence-corrected chi connectivity index (χ4v) is 5.72. The molecule has 1 saturated heterocycles. The Morgan fingerprint density at radius 1 is 0.722 bits per heavy atom. The largest absolute Gasteiger partial charge is 0.484 e. The van der Waals surface area contributed by atoms with Gasteiger partial charge in [0.1, 0.15) is 24.8 Å². The first kappa shape index (κ1) is 35.3. The van der Waals surface area contributed by atoms with Crippen LogP contribution in [0.4, 0.5) is 5.95 Å². The van der Waals surface area contributed by atoms with Crippen molar-refractivity contribution in [3.05, 3.63) is 155 Å². The number of amides is 1. The van der Waals surface area contributed by atoms with Crippen LogP contribution in [0.1, 0.15) is 37.3 Å². The number of carbonyl (C=O) groups is 4. The molecule has 3 heterocycles. The van der Waals surface area contributed by atoms with Crippen molar-refractivity contribution in [2.75, 3.05) is 18.5 Å². The van der Waals surface area contributed by atoms with Crippen molar-refractivity contribution < 1.29 is 42.9 Å². The summed E-state index contributed by atoms with van der Waals surface area (Å²) in [6.07, 6.45) is -4.07. The number of anilines is 1. The number of para-hydroxylation sites is 1. The number of carbonyl (C=O) groups excluding carboxylic acids is 4. The maximum absolute atomic E-state index is 13.6. The lowest BCUT2D eigenvalue weighted by Crippen LogP contribution is -2.41. The molecule has 0 aliphatic carbocycles. The zero-order chi connectivity index (χ0) is 37.4. The van der Waals surface area contributed by atoms with Gasteiger partial charge in [0, 0.05) is 0 Å². The third-order valence-electron chi connectivity index (χ3n) is 8.26. The van der Waals surface area contributed by atoms with Crippen LogP contribution in [0.15, 0.2) is 132 Å². The Morgan fingerprint density at radius 2 is 1.26 bits per heavy atom. The first-order valence-electron chi connectivity index (χ1n) is 16.7. The summed E-state index contributed by atoms with van der Waals surface area (Å²) in [5.74, 6) is -2.54. The Balaban J connectivity index is 1.20. The lowest BCUT2D eigenvalue weighted by atomic mass is 10.1. The molecule has 4 aromatic carbocycles. The van der Waals surface area contributed by atoms with Gasteiger partial charge in [0.25, 0.3) is 11.5 Å². The first-order valence-corrected chi connectivity index (χ1v) is 16.7. The van der Waals surface area contributed by atoms with Crippen LogP contribution < -0.4 is 15.6 Å². The van der Waals surface area contributed by atoms with E-state index in [1.165, 1.54) is 10.9 Å². The van der Waals surface area contributed by atoms with Gasteiger partial charge in [0.05, 0.1) is 16.7 Å². The second-order valence-electron chi connectivity index (χ2n) is 11.9. The molecule has 1 fully saturated rings. The summed E-state index contributed by atoms with van der Waals surface area (Å²) in [6.45, 7) is -0.789. The van der Waals surface area contributed by atoms with Gasteiger partial charge in [-0.1, -0.05) is 72.8 Å². The van der Waals surface area contributed by atoms with Gasteiger partial charge < -0.3 is 23.7 Å². The second kappa shape index (κ2) is 16.0. The van der Waals surface area contributed by atoms with Crippen LogP contribution in [-0.2, 0) is 23.7 Å². The van der Waals surface area contributed by atoms with Crippen molar-refractivity contribution in [1.82, 2.24) is 19.5 Å². The summed E-state index contributed by atoms with van der Waals surface area (Å²) >= 11 is 0. The molecule has 4 atom stereocenters. The average Bonchev–Trinajstić information content (AvgIpc) is 3.78. The molecule has 15 nitrogen and oxygen atoms in total. The molecule has 7 rings (SSSR count). The highest BCUT2D eigenvalue weighted by atomic mass is 16.7. The number of ether oxygens (including phenoxy) is 5. The second-order valence-corrected chi connectivity index (χ2v) is 11.9. The lowest BCUT2D eigenvalue weighted by Gasteiger charge is -2.25. The van der Waals surface area contributed by atoms with E-state index in [0.717, 1.165) is 0 Å². The molecule has 6 aromatic rings. The number of imidazole rings is 1. The van der Waals surface area contributed by atoms with E-state index >= 15 is 0 Å². The highest BCUT2D eigenvalue weighted by molar-refractivity contribution is 5.92. The van der Waals surface area contributed by atoms with E-state index in [-0.39, 0.29) is 40.4 Å². The minimum Gasteiger partial charge on any atom is -0.484 e. The molecular formula is C39H31N5O10. The van der Waals surface area contributed by atoms with E-state index in [4.69, 9.17) is 23.7 Å². The molecule has 15 heteroatoms. The molecule has 1 aliphatic heterocycles. The zero-order valence-electron chi connectivity index (χ0n) is 28.3. The standard InChI is InChI=1S/C39H31N5O10/c45-29(22-50-27-19-11-4-12-20-27)41-39-42-33-30(34(46)43-39)44(23-40-33)35-32(54-38(49)26-17-9-3-10-18-26)31(53-37(48)25-15-7-2-8-16-25)28(52-35)21-51-36(47)24-13-5-1-6-14-24/h1-20,23,28,31-32,35H,21-22H2,(H2,41,42,43,45,46)/t28-,31-,32-,35-/m1/s1. The van der Waals surface area contributed by atoms with Crippen LogP contribution in [-0.4, -0.2) is 74.9 Å². The molecular weight excluding hydrogens is 698 g/mol. The Morgan fingerprint density at radius 3 is 1.85 bits per heavy atom. The minimum absolute atomic E-state index is 0.0912. The molecule has 1 amide bonds. The van der Waals surface area contributed by atoms with Gasteiger partial charge in [-0.05, 0) is 48.5 Å². The average molecular weight is 730 g/mol. The quantitative estimate of drug-likeness (QED) is 0.134. The van der Waals surface area contributed by atoms with Gasteiger partial charge >= 0.3 is 17.9 Å². The van der Waals surface area contributed by atoms with Gasteiger partial charge in [-0.3, -0.25) is 24.5 Å². The number of aromatic nitrogens is 4. The van der Waals surface area contributed by atoms with Gasteiger partial charge in [0.15, 0.2) is 36.2 Å². The molecule has 2 aromatic heterocycles. The third-order valence-corrected chi connectivity index (χ3v) is 8.26. The van der Waals surface area contributed by atoms with E-state index in [1.807, 2.05) is 0 Å². The number of H-pyrrole nitrogens is 1. The van der Waals surface area contributed by atoms with Gasteiger partial charge in [0.2, 0.25) is 5.95 Å². The predicted octanol–water partition coefficient (Wildman–Crippen LogP) is 4.34. The van der Waals surface area contributed by atoms with Gasteiger partial charge in [-0.25, -0.2) is 19.4 Å². The maximum atomic E-state index is 13.6. The van der Waals surface area contributed by atoms with Crippen molar-refractivity contribution in [2.45, 2.75) is 24.5 Å². The first-order chi connectivity index (χ1) is 26.3. The molecule has 272 valence electrons. The smallest absolute Gasteiger partial charge is 0.338 e. The maximum Gasteiger partial charge on any atom is 0.338 e. The predicted molar refractivity (Wildman–Crippen MR) is 191 cm³/mol. The molecule has 1 aliphatic rings. The van der Waals surface area contributed by atoms with E-state index in [9.17, 15) is 24.0 Å². The number of esters is 3. The van der Waals surface area contributed by atoms with Gasteiger partial charge in [-0.15, -0.1) is 0 Å². The molecule has 0 bridgehead atoms.